The molecule has 2 N–H and O–H groups in total. The molecule has 2 amide bonds. The molecule has 3 heterocycles. The van der Waals surface area contributed by atoms with E-state index in [-0.39, 0.29) is 24.1 Å². The third kappa shape index (κ3) is 5.57. The summed E-state index contributed by atoms with van der Waals surface area (Å²) in [6.45, 7) is 7.51. The zero-order valence-corrected chi connectivity index (χ0v) is 20.9. The summed E-state index contributed by atoms with van der Waals surface area (Å²) in [5, 5.41) is 7.75. The van der Waals surface area contributed by atoms with Gasteiger partial charge in [0.15, 0.2) is 4.34 Å². The number of amides is 2. The van der Waals surface area contributed by atoms with E-state index in [1.165, 1.54) is 23.1 Å². The average Bonchev–Trinajstić information content (AvgIpc) is 3.49. The topological polar surface area (TPSA) is 110 Å². The maximum Gasteiger partial charge on any atom is 0.259 e. The second-order valence-corrected chi connectivity index (χ2v) is 9.75. The number of carbonyl (C=O) groups is 2. The van der Waals surface area contributed by atoms with Gasteiger partial charge in [-0.15, -0.1) is 11.3 Å². The number of anilines is 1. The number of benzene rings is 1. The quantitative estimate of drug-likeness (QED) is 0.319. The highest BCUT2D eigenvalue weighted by Crippen LogP contribution is 2.30. The number of nitrogens with zero attached hydrogens (tertiary/aromatic N) is 2. The van der Waals surface area contributed by atoms with Gasteiger partial charge in [0.1, 0.15) is 23.0 Å². The summed E-state index contributed by atoms with van der Waals surface area (Å²) in [6.07, 6.45) is 0. The van der Waals surface area contributed by atoms with E-state index in [1.54, 1.807) is 32.9 Å². The van der Waals surface area contributed by atoms with Crippen molar-refractivity contribution in [2.75, 3.05) is 11.1 Å². The van der Waals surface area contributed by atoms with Crippen LogP contribution < -0.4 is 10.6 Å². The third-order valence-electron chi connectivity index (χ3n) is 4.96. The van der Waals surface area contributed by atoms with Gasteiger partial charge in [0, 0.05) is 11.1 Å². The molecule has 0 unspecified atom stereocenters. The highest BCUT2D eigenvalue weighted by Gasteiger charge is 2.19. The van der Waals surface area contributed by atoms with Gasteiger partial charge >= 0.3 is 0 Å². The molecule has 0 aliphatic rings. The van der Waals surface area contributed by atoms with E-state index >= 15 is 0 Å². The Labute approximate surface area is 205 Å². The van der Waals surface area contributed by atoms with Crippen LogP contribution in [0, 0.1) is 27.7 Å². The monoisotopic (exact) mass is 496 g/mol. The van der Waals surface area contributed by atoms with Gasteiger partial charge in [0.2, 0.25) is 11.8 Å². The van der Waals surface area contributed by atoms with Crippen molar-refractivity contribution >= 4 is 40.6 Å². The molecule has 0 saturated carbocycles. The summed E-state index contributed by atoms with van der Waals surface area (Å²) >= 11 is 2.93. The molecule has 0 saturated heterocycles. The first-order valence-electron chi connectivity index (χ1n) is 10.6. The number of aryl methyl sites for hydroxylation is 4. The minimum atomic E-state index is -0.273. The van der Waals surface area contributed by atoms with Gasteiger partial charge in [-0.05, 0) is 45.9 Å². The van der Waals surface area contributed by atoms with Crippen LogP contribution in [0.5, 0.6) is 0 Å². The Hall–Kier alpha value is -3.37. The van der Waals surface area contributed by atoms with Crippen molar-refractivity contribution in [3.05, 3.63) is 69.9 Å². The average molecular weight is 497 g/mol. The summed E-state index contributed by atoms with van der Waals surface area (Å²) in [4.78, 5) is 33.9. The van der Waals surface area contributed by atoms with Gasteiger partial charge in [0.25, 0.3) is 5.91 Å². The van der Waals surface area contributed by atoms with Crippen LogP contribution in [-0.4, -0.2) is 27.5 Å². The molecule has 0 fully saturated rings. The number of aromatic nitrogens is 2. The van der Waals surface area contributed by atoms with Crippen molar-refractivity contribution < 1.29 is 18.4 Å². The number of thiazole rings is 1. The van der Waals surface area contributed by atoms with Crippen molar-refractivity contribution in [3.63, 3.8) is 0 Å². The van der Waals surface area contributed by atoms with E-state index in [4.69, 9.17) is 8.83 Å². The molecule has 0 aliphatic heterocycles. The van der Waals surface area contributed by atoms with Gasteiger partial charge in [-0.2, -0.15) is 0 Å². The molecule has 34 heavy (non-hydrogen) atoms. The first-order chi connectivity index (χ1) is 16.3. The van der Waals surface area contributed by atoms with E-state index < -0.39 is 0 Å². The number of thioether (sulfide) groups is 1. The lowest BCUT2D eigenvalue weighted by Gasteiger charge is -2.08. The van der Waals surface area contributed by atoms with Crippen LogP contribution in [0.25, 0.3) is 11.5 Å². The Kier molecular flexibility index (Phi) is 7.18. The molecule has 0 atom stereocenters. The molecule has 0 radical (unpaired) electrons. The molecule has 10 heteroatoms. The molecule has 0 bridgehead atoms. The van der Waals surface area contributed by atoms with Crippen LogP contribution in [0.15, 0.2) is 48.9 Å². The van der Waals surface area contributed by atoms with E-state index in [1.807, 2.05) is 30.5 Å². The number of rotatable bonds is 8. The second-order valence-electron chi connectivity index (χ2n) is 7.67. The molecular weight excluding hydrogens is 472 g/mol. The number of carbonyl (C=O) groups excluding carboxylic acids is 2. The zero-order valence-electron chi connectivity index (χ0n) is 19.2. The first kappa shape index (κ1) is 23.8. The molecule has 4 rings (SSSR count). The largest absolute Gasteiger partial charge is 0.466 e. The number of para-hydroxylation sites is 1. The van der Waals surface area contributed by atoms with Gasteiger partial charge in [0.05, 0.1) is 29.1 Å². The molecule has 3 aromatic heterocycles. The first-order valence-corrected chi connectivity index (χ1v) is 12.4. The number of hydrogen-bond acceptors (Lipinski definition) is 8. The highest BCUT2D eigenvalue weighted by atomic mass is 32.2. The summed E-state index contributed by atoms with van der Waals surface area (Å²) < 4.78 is 12.2. The maximum absolute atomic E-state index is 12.8. The zero-order chi connectivity index (χ0) is 24.2. The second kappa shape index (κ2) is 10.3. The fourth-order valence-electron chi connectivity index (χ4n) is 3.29. The van der Waals surface area contributed by atoms with Gasteiger partial charge in [-0.3, -0.25) is 9.59 Å². The van der Waals surface area contributed by atoms with Crippen molar-refractivity contribution in [2.24, 2.45) is 0 Å². The number of furan rings is 1. The van der Waals surface area contributed by atoms with Crippen LogP contribution in [0.3, 0.4) is 0 Å². The van der Waals surface area contributed by atoms with E-state index in [0.717, 1.165) is 10.0 Å². The molecule has 0 spiro atoms. The smallest absolute Gasteiger partial charge is 0.259 e. The lowest BCUT2D eigenvalue weighted by Crippen LogP contribution is -2.25. The lowest BCUT2D eigenvalue weighted by atomic mass is 10.1. The van der Waals surface area contributed by atoms with Gasteiger partial charge in [-0.1, -0.05) is 23.9 Å². The Balaban J connectivity index is 1.43. The summed E-state index contributed by atoms with van der Waals surface area (Å²) in [7, 11) is 0. The van der Waals surface area contributed by atoms with Crippen LogP contribution in [0.2, 0.25) is 0 Å². The predicted molar refractivity (Wildman–Crippen MR) is 132 cm³/mol. The number of oxazole rings is 1. The molecule has 8 nitrogen and oxygen atoms in total. The van der Waals surface area contributed by atoms with Crippen LogP contribution >= 0.6 is 23.1 Å². The number of hydrogen-bond donors (Lipinski definition) is 2. The van der Waals surface area contributed by atoms with E-state index in [0.29, 0.717) is 45.7 Å². The normalized spacial score (nSPS) is 10.9. The van der Waals surface area contributed by atoms with Crippen molar-refractivity contribution in [3.8, 4) is 11.5 Å². The predicted octanol–water partition coefficient (Wildman–Crippen LogP) is 5.29. The minimum absolute atomic E-state index is 0.111. The van der Waals surface area contributed by atoms with E-state index in [2.05, 4.69) is 20.6 Å². The Morgan fingerprint density at radius 3 is 2.56 bits per heavy atom. The third-order valence-corrected chi connectivity index (χ3v) is 7.10. The van der Waals surface area contributed by atoms with Crippen LogP contribution in [0.1, 0.15) is 39.0 Å². The lowest BCUT2D eigenvalue weighted by molar-refractivity contribution is -0.118. The molecule has 4 aromatic rings. The fraction of sp³-hybridized carbons (Fsp3) is 0.250. The molecule has 0 aliphatic carbocycles. The van der Waals surface area contributed by atoms with Crippen molar-refractivity contribution in [1.29, 1.82) is 0 Å². The molecule has 176 valence electrons. The van der Waals surface area contributed by atoms with Crippen LogP contribution in [0.4, 0.5) is 5.69 Å². The fourth-order valence-corrected chi connectivity index (χ4v) is 4.97. The van der Waals surface area contributed by atoms with Gasteiger partial charge in [-0.25, -0.2) is 9.97 Å². The minimum Gasteiger partial charge on any atom is -0.466 e. The van der Waals surface area contributed by atoms with Crippen LogP contribution in [-0.2, 0) is 11.3 Å². The molecular formula is C24H24N4O4S2. The summed E-state index contributed by atoms with van der Waals surface area (Å²) in [5.41, 5.74) is 3.26. The van der Waals surface area contributed by atoms with E-state index in [9.17, 15) is 9.59 Å². The standard InChI is InChI=1S/C24H24N4O4S2/c1-13-11-33-24(26-13)34-12-21(29)25-10-20-16(4)32-23(28-20)17-7-5-6-8-19(17)27-22(30)18-9-14(2)31-15(18)3/h5-9,11H,10,12H2,1-4H3,(H,25,29)(H,27,30). The Bertz CT molecular complexity index is 1340. The van der Waals surface area contributed by atoms with Crippen molar-refractivity contribution in [1.82, 2.24) is 15.3 Å². The summed E-state index contributed by atoms with van der Waals surface area (Å²) in [5.74, 6) is 2.09. The molecule has 1 aromatic carbocycles. The van der Waals surface area contributed by atoms with Gasteiger partial charge < -0.3 is 19.5 Å². The Morgan fingerprint density at radius 2 is 1.85 bits per heavy atom. The highest BCUT2D eigenvalue weighted by molar-refractivity contribution is 8.01. The SMILES string of the molecule is Cc1csc(SCC(=O)NCc2nc(-c3ccccc3NC(=O)c3cc(C)oc3C)oc2C)n1. The number of nitrogens with one attached hydrogen (secondary N) is 2. The maximum atomic E-state index is 12.8. The van der Waals surface area contributed by atoms with Crippen molar-refractivity contribution in [2.45, 2.75) is 38.6 Å². The summed E-state index contributed by atoms with van der Waals surface area (Å²) in [6, 6.07) is 8.98. The Morgan fingerprint density at radius 1 is 1.06 bits per heavy atom.